The standard InChI is InChI=1S/C47H29N3O/c1-2-10-33(11-3-1)45-48-46(34-22-17-31(18-23-34)36-24-19-30-9-4-5-12-35(30)27-36)50-47(49-45)38-26-21-32-20-25-37(28-39(32)29-38)40-14-8-16-43-44(40)41-13-6-7-15-42(41)51-43/h1-29H. The molecule has 0 aliphatic carbocycles. The van der Waals surface area contributed by atoms with Crippen LogP contribution < -0.4 is 0 Å². The largest absolute Gasteiger partial charge is 0.456 e. The maximum atomic E-state index is 6.20. The third kappa shape index (κ3) is 5.22. The number of furan rings is 1. The summed E-state index contributed by atoms with van der Waals surface area (Å²) < 4.78 is 6.20. The van der Waals surface area contributed by atoms with Gasteiger partial charge < -0.3 is 4.42 Å². The van der Waals surface area contributed by atoms with Crippen LogP contribution in [0.5, 0.6) is 0 Å². The van der Waals surface area contributed by atoms with Gasteiger partial charge in [-0.05, 0) is 74.1 Å². The van der Waals surface area contributed by atoms with E-state index in [0.717, 1.165) is 66.1 Å². The first-order valence-corrected chi connectivity index (χ1v) is 17.1. The Morgan fingerprint density at radius 2 is 0.843 bits per heavy atom. The lowest BCUT2D eigenvalue weighted by molar-refractivity contribution is 0.669. The van der Waals surface area contributed by atoms with Gasteiger partial charge in [0.2, 0.25) is 0 Å². The van der Waals surface area contributed by atoms with E-state index in [1.165, 1.54) is 16.3 Å². The van der Waals surface area contributed by atoms with Gasteiger partial charge in [0, 0.05) is 27.5 Å². The first-order valence-electron chi connectivity index (χ1n) is 17.1. The van der Waals surface area contributed by atoms with E-state index in [-0.39, 0.29) is 0 Å². The first kappa shape index (κ1) is 29.0. The summed E-state index contributed by atoms with van der Waals surface area (Å²) in [6.07, 6.45) is 0. The highest BCUT2D eigenvalue weighted by Gasteiger charge is 2.15. The summed E-state index contributed by atoms with van der Waals surface area (Å²) in [5, 5.41) is 6.96. The Kier molecular flexibility index (Phi) is 6.78. The molecule has 4 heteroatoms. The SMILES string of the molecule is c1ccc(-c2nc(-c3ccc(-c4ccc5ccccc5c4)cc3)nc(-c3ccc4ccc(-c5cccc6oc7ccccc7c56)cc4c3)n2)cc1. The second-order valence-corrected chi connectivity index (χ2v) is 12.9. The smallest absolute Gasteiger partial charge is 0.164 e. The number of benzene rings is 8. The van der Waals surface area contributed by atoms with Gasteiger partial charge in [-0.3, -0.25) is 0 Å². The molecule has 8 aromatic carbocycles. The van der Waals surface area contributed by atoms with Crippen molar-refractivity contribution in [2.45, 2.75) is 0 Å². The van der Waals surface area contributed by atoms with Crippen LogP contribution in [-0.2, 0) is 0 Å². The first-order chi connectivity index (χ1) is 25.2. The predicted molar refractivity (Wildman–Crippen MR) is 209 cm³/mol. The van der Waals surface area contributed by atoms with E-state index >= 15 is 0 Å². The van der Waals surface area contributed by atoms with Crippen LogP contribution in [0.2, 0.25) is 0 Å². The maximum Gasteiger partial charge on any atom is 0.164 e. The number of rotatable bonds is 5. The Morgan fingerprint density at radius 3 is 1.65 bits per heavy atom. The van der Waals surface area contributed by atoms with Gasteiger partial charge in [0.25, 0.3) is 0 Å². The lowest BCUT2D eigenvalue weighted by Gasteiger charge is -2.11. The van der Waals surface area contributed by atoms with Crippen molar-refractivity contribution in [3.05, 3.63) is 176 Å². The van der Waals surface area contributed by atoms with E-state index in [2.05, 4.69) is 127 Å². The monoisotopic (exact) mass is 651 g/mol. The molecule has 51 heavy (non-hydrogen) atoms. The van der Waals surface area contributed by atoms with Crippen LogP contribution in [0.1, 0.15) is 0 Å². The van der Waals surface area contributed by atoms with E-state index in [4.69, 9.17) is 19.4 Å². The molecule has 2 heterocycles. The van der Waals surface area contributed by atoms with Crippen molar-refractivity contribution in [2.24, 2.45) is 0 Å². The molecular formula is C47H29N3O. The van der Waals surface area contributed by atoms with E-state index in [9.17, 15) is 0 Å². The van der Waals surface area contributed by atoms with Crippen LogP contribution >= 0.6 is 0 Å². The molecule has 2 aromatic heterocycles. The Labute approximate surface area is 294 Å². The maximum absolute atomic E-state index is 6.20. The molecule has 4 nitrogen and oxygen atoms in total. The third-order valence-electron chi connectivity index (χ3n) is 9.71. The van der Waals surface area contributed by atoms with Gasteiger partial charge >= 0.3 is 0 Å². The zero-order valence-electron chi connectivity index (χ0n) is 27.5. The normalized spacial score (nSPS) is 11.5. The Bertz CT molecular complexity index is 2910. The van der Waals surface area contributed by atoms with E-state index < -0.39 is 0 Å². The summed E-state index contributed by atoms with van der Waals surface area (Å²) in [4.78, 5) is 15.1. The zero-order valence-corrected chi connectivity index (χ0v) is 27.5. The Balaban J connectivity index is 1.07. The molecule has 0 saturated heterocycles. The van der Waals surface area contributed by atoms with Gasteiger partial charge in [-0.2, -0.15) is 0 Å². The Morgan fingerprint density at radius 1 is 0.314 bits per heavy atom. The lowest BCUT2D eigenvalue weighted by Crippen LogP contribution is -2.00. The lowest BCUT2D eigenvalue weighted by atomic mass is 9.96. The number of fused-ring (bicyclic) bond motifs is 5. The molecule has 0 unspecified atom stereocenters. The fraction of sp³-hybridized carbons (Fsp3) is 0. The summed E-state index contributed by atoms with van der Waals surface area (Å²) in [5.74, 6) is 1.91. The van der Waals surface area contributed by atoms with Crippen LogP contribution in [0.25, 0.3) is 99.9 Å². The van der Waals surface area contributed by atoms with Crippen molar-refractivity contribution >= 4 is 43.5 Å². The summed E-state index contributed by atoms with van der Waals surface area (Å²) in [6, 6.07) is 61.2. The highest BCUT2D eigenvalue weighted by atomic mass is 16.3. The summed E-state index contributed by atoms with van der Waals surface area (Å²) in [7, 11) is 0. The number of para-hydroxylation sites is 1. The quantitative estimate of drug-likeness (QED) is 0.186. The minimum atomic E-state index is 0.632. The van der Waals surface area contributed by atoms with Gasteiger partial charge in [-0.1, -0.05) is 146 Å². The van der Waals surface area contributed by atoms with Gasteiger partial charge in [0.1, 0.15) is 11.2 Å². The van der Waals surface area contributed by atoms with Crippen LogP contribution in [0.3, 0.4) is 0 Å². The van der Waals surface area contributed by atoms with Gasteiger partial charge in [-0.15, -0.1) is 0 Å². The van der Waals surface area contributed by atoms with Crippen molar-refractivity contribution in [2.75, 3.05) is 0 Å². The molecule has 0 amide bonds. The molecule has 0 aliphatic rings. The Hall–Kier alpha value is -6.91. The summed E-state index contributed by atoms with van der Waals surface area (Å²) in [5.41, 5.74) is 9.18. The van der Waals surface area contributed by atoms with Crippen molar-refractivity contribution in [1.29, 1.82) is 0 Å². The van der Waals surface area contributed by atoms with Crippen LogP contribution in [0.15, 0.2) is 180 Å². The number of hydrogen-bond acceptors (Lipinski definition) is 4. The number of aromatic nitrogens is 3. The molecule has 238 valence electrons. The average molecular weight is 652 g/mol. The third-order valence-corrected chi connectivity index (χ3v) is 9.71. The van der Waals surface area contributed by atoms with E-state index in [1.54, 1.807) is 0 Å². The molecule has 0 atom stereocenters. The molecule has 0 fully saturated rings. The van der Waals surface area contributed by atoms with Crippen LogP contribution in [-0.4, -0.2) is 15.0 Å². The minimum Gasteiger partial charge on any atom is -0.456 e. The average Bonchev–Trinajstić information content (AvgIpc) is 3.59. The van der Waals surface area contributed by atoms with Crippen molar-refractivity contribution in [3.8, 4) is 56.4 Å². The van der Waals surface area contributed by atoms with Crippen molar-refractivity contribution in [3.63, 3.8) is 0 Å². The van der Waals surface area contributed by atoms with Gasteiger partial charge in [0.05, 0.1) is 0 Å². The van der Waals surface area contributed by atoms with Crippen molar-refractivity contribution in [1.82, 2.24) is 15.0 Å². The molecule has 0 N–H and O–H groups in total. The van der Waals surface area contributed by atoms with E-state index in [1.807, 2.05) is 48.5 Å². The highest BCUT2D eigenvalue weighted by Crippen LogP contribution is 2.38. The van der Waals surface area contributed by atoms with Crippen LogP contribution in [0.4, 0.5) is 0 Å². The summed E-state index contributed by atoms with van der Waals surface area (Å²) in [6.45, 7) is 0. The minimum absolute atomic E-state index is 0.632. The molecule has 10 rings (SSSR count). The fourth-order valence-corrected chi connectivity index (χ4v) is 7.10. The van der Waals surface area contributed by atoms with Gasteiger partial charge in [0.15, 0.2) is 17.5 Å². The fourth-order valence-electron chi connectivity index (χ4n) is 7.10. The number of nitrogens with zero attached hydrogens (tertiary/aromatic N) is 3. The molecular weight excluding hydrogens is 623 g/mol. The topological polar surface area (TPSA) is 51.8 Å². The molecule has 0 aliphatic heterocycles. The highest BCUT2D eigenvalue weighted by molar-refractivity contribution is 6.13. The number of hydrogen-bond donors (Lipinski definition) is 0. The van der Waals surface area contributed by atoms with E-state index in [0.29, 0.717) is 17.5 Å². The molecule has 0 radical (unpaired) electrons. The zero-order chi connectivity index (χ0) is 33.7. The summed E-state index contributed by atoms with van der Waals surface area (Å²) >= 11 is 0. The van der Waals surface area contributed by atoms with Crippen LogP contribution in [0, 0.1) is 0 Å². The molecule has 0 spiro atoms. The molecule has 0 saturated carbocycles. The van der Waals surface area contributed by atoms with Crippen molar-refractivity contribution < 1.29 is 4.42 Å². The predicted octanol–water partition coefficient (Wildman–Crippen LogP) is 12.4. The van der Waals surface area contributed by atoms with Gasteiger partial charge in [-0.25, -0.2) is 15.0 Å². The second-order valence-electron chi connectivity index (χ2n) is 12.9. The molecule has 10 aromatic rings. The second kappa shape index (κ2) is 11.9. The molecule has 0 bridgehead atoms.